The normalized spacial score (nSPS) is 12.6. The van der Waals surface area contributed by atoms with Crippen molar-refractivity contribution in [3.63, 3.8) is 0 Å². The number of hydrogen-bond acceptors (Lipinski definition) is 5. The van der Waals surface area contributed by atoms with Crippen LogP contribution in [0.5, 0.6) is 5.75 Å². The lowest BCUT2D eigenvalue weighted by molar-refractivity contribution is 0.415. The molecule has 0 aliphatic carbocycles. The fraction of sp³-hybridized carbons (Fsp3) is 0.222. The Morgan fingerprint density at radius 3 is 2.67 bits per heavy atom. The average molecular weight is 341 g/mol. The molecule has 0 spiro atoms. The zero-order valence-electron chi connectivity index (χ0n) is 13.9. The van der Waals surface area contributed by atoms with E-state index < -0.39 is 0 Å². The standard InChI is InChI=1S/C18H19N3O2S/c1-4-13(2)20-21-16(17-6-5-11-23-17)12-24-18(21)19-14-7-9-15(22-3)10-8-14/h5-12H,4H2,1-3H3. The van der Waals surface area contributed by atoms with Crippen LogP contribution in [0.15, 0.2) is 62.6 Å². The summed E-state index contributed by atoms with van der Waals surface area (Å²) in [6, 6.07) is 11.4. The SMILES string of the molecule is CCC(C)=Nn1c(-c2ccco2)csc1=Nc1ccc(OC)cc1. The molecule has 0 aliphatic rings. The first-order valence-corrected chi connectivity index (χ1v) is 8.57. The fourth-order valence-corrected chi connectivity index (χ4v) is 2.91. The predicted octanol–water partition coefficient (Wildman–Crippen LogP) is 4.68. The Bertz CT molecular complexity index is 887. The van der Waals surface area contributed by atoms with E-state index in [1.54, 1.807) is 13.4 Å². The van der Waals surface area contributed by atoms with E-state index in [4.69, 9.17) is 14.1 Å². The molecule has 3 rings (SSSR count). The molecule has 0 unspecified atom stereocenters. The second kappa shape index (κ2) is 7.31. The largest absolute Gasteiger partial charge is 0.497 e. The molecule has 6 heteroatoms. The molecular formula is C18H19N3O2S. The molecule has 0 fully saturated rings. The summed E-state index contributed by atoms with van der Waals surface area (Å²) in [7, 11) is 1.65. The van der Waals surface area contributed by atoms with Gasteiger partial charge in [-0.2, -0.15) is 5.10 Å². The summed E-state index contributed by atoms with van der Waals surface area (Å²) in [5, 5.41) is 6.70. The highest BCUT2D eigenvalue weighted by molar-refractivity contribution is 7.07. The van der Waals surface area contributed by atoms with E-state index in [2.05, 4.69) is 12.0 Å². The maximum Gasteiger partial charge on any atom is 0.211 e. The van der Waals surface area contributed by atoms with Crippen molar-refractivity contribution in [2.24, 2.45) is 10.1 Å². The van der Waals surface area contributed by atoms with Crippen molar-refractivity contribution in [2.45, 2.75) is 20.3 Å². The number of hydrogen-bond donors (Lipinski definition) is 0. The predicted molar refractivity (Wildman–Crippen MR) is 97.0 cm³/mol. The van der Waals surface area contributed by atoms with Gasteiger partial charge in [-0.05, 0) is 49.7 Å². The molecule has 0 bridgehead atoms. The van der Waals surface area contributed by atoms with Crippen LogP contribution in [0.25, 0.3) is 11.5 Å². The third kappa shape index (κ3) is 3.49. The molecule has 0 amide bonds. The van der Waals surface area contributed by atoms with E-state index in [-0.39, 0.29) is 0 Å². The monoisotopic (exact) mass is 341 g/mol. The van der Waals surface area contributed by atoms with Gasteiger partial charge in [-0.3, -0.25) is 0 Å². The van der Waals surface area contributed by atoms with Crippen molar-refractivity contribution in [3.8, 4) is 17.2 Å². The maximum absolute atomic E-state index is 5.53. The molecule has 0 saturated heterocycles. The molecule has 5 nitrogen and oxygen atoms in total. The van der Waals surface area contributed by atoms with E-state index in [0.29, 0.717) is 0 Å². The average Bonchev–Trinajstić information content (AvgIpc) is 3.26. The van der Waals surface area contributed by atoms with Crippen LogP contribution in [-0.2, 0) is 0 Å². The van der Waals surface area contributed by atoms with E-state index in [9.17, 15) is 0 Å². The topological polar surface area (TPSA) is 52.0 Å². The van der Waals surface area contributed by atoms with Gasteiger partial charge in [0.2, 0.25) is 4.80 Å². The molecule has 0 N–H and O–H groups in total. The number of aromatic nitrogens is 1. The Kier molecular flexibility index (Phi) is 4.96. The first-order valence-electron chi connectivity index (χ1n) is 7.69. The third-order valence-electron chi connectivity index (χ3n) is 3.54. The van der Waals surface area contributed by atoms with Gasteiger partial charge in [0.25, 0.3) is 0 Å². The molecule has 0 radical (unpaired) electrons. The van der Waals surface area contributed by atoms with Gasteiger partial charge in [0, 0.05) is 11.1 Å². The van der Waals surface area contributed by atoms with Crippen LogP contribution in [0.2, 0.25) is 0 Å². The summed E-state index contributed by atoms with van der Waals surface area (Å²) in [6.45, 7) is 4.09. The van der Waals surface area contributed by atoms with E-state index in [1.807, 2.05) is 53.4 Å². The van der Waals surface area contributed by atoms with E-state index >= 15 is 0 Å². The molecule has 0 aliphatic heterocycles. The number of ether oxygens (including phenoxy) is 1. The molecule has 3 aromatic rings. The highest BCUT2D eigenvalue weighted by Gasteiger charge is 2.10. The summed E-state index contributed by atoms with van der Waals surface area (Å²) < 4.78 is 12.6. The van der Waals surface area contributed by atoms with Crippen molar-refractivity contribution < 1.29 is 9.15 Å². The van der Waals surface area contributed by atoms with E-state index in [1.165, 1.54) is 11.3 Å². The number of methoxy groups -OCH3 is 1. The Morgan fingerprint density at radius 1 is 1.25 bits per heavy atom. The van der Waals surface area contributed by atoms with E-state index in [0.717, 1.165) is 39.8 Å². The minimum atomic E-state index is 0.773. The Hall–Kier alpha value is -2.60. The van der Waals surface area contributed by atoms with Crippen molar-refractivity contribution in [2.75, 3.05) is 7.11 Å². The van der Waals surface area contributed by atoms with Gasteiger partial charge >= 0.3 is 0 Å². The van der Waals surface area contributed by atoms with Crippen molar-refractivity contribution in [1.82, 2.24) is 4.68 Å². The van der Waals surface area contributed by atoms with Gasteiger partial charge in [-0.1, -0.05) is 6.92 Å². The third-order valence-corrected chi connectivity index (χ3v) is 4.35. The second-order valence-corrected chi connectivity index (χ2v) is 6.03. The lowest BCUT2D eigenvalue weighted by Crippen LogP contribution is -2.12. The van der Waals surface area contributed by atoms with Gasteiger partial charge in [0.15, 0.2) is 5.76 Å². The molecule has 124 valence electrons. The molecule has 2 heterocycles. The van der Waals surface area contributed by atoms with Crippen LogP contribution in [0.4, 0.5) is 5.69 Å². The van der Waals surface area contributed by atoms with Gasteiger partial charge in [0.1, 0.15) is 11.4 Å². The van der Waals surface area contributed by atoms with Crippen molar-refractivity contribution in [1.29, 1.82) is 0 Å². The van der Waals surface area contributed by atoms with Gasteiger partial charge in [0.05, 0.1) is 19.1 Å². The molecule has 24 heavy (non-hydrogen) atoms. The Labute approximate surface area is 144 Å². The number of thiazole rings is 1. The number of rotatable bonds is 5. The molecule has 0 atom stereocenters. The fourth-order valence-electron chi connectivity index (χ4n) is 2.08. The van der Waals surface area contributed by atoms with Crippen LogP contribution in [0.3, 0.4) is 0 Å². The maximum atomic E-state index is 5.53. The van der Waals surface area contributed by atoms with Crippen LogP contribution >= 0.6 is 11.3 Å². The summed E-state index contributed by atoms with van der Waals surface area (Å²) in [5.74, 6) is 1.58. The van der Waals surface area contributed by atoms with Crippen LogP contribution in [0.1, 0.15) is 20.3 Å². The lowest BCUT2D eigenvalue weighted by Gasteiger charge is -2.03. The summed E-state index contributed by atoms with van der Waals surface area (Å²) in [5.41, 5.74) is 2.77. The Balaban J connectivity index is 2.11. The minimum Gasteiger partial charge on any atom is -0.497 e. The molecule has 2 aromatic heterocycles. The Morgan fingerprint density at radius 2 is 2.04 bits per heavy atom. The first kappa shape index (κ1) is 16.3. The quantitative estimate of drug-likeness (QED) is 0.632. The molecular weight excluding hydrogens is 322 g/mol. The first-order chi connectivity index (χ1) is 11.7. The zero-order valence-corrected chi connectivity index (χ0v) is 14.7. The van der Waals surface area contributed by atoms with Gasteiger partial charge < -0.3 is 9.15 Å². The highest BCUT2D eigenvalue weighted by atomic mass is 32.1. The van der Waals surface area contributed by atoms with Crippen LogP contribution in [0, 0.1) is 0 Å². The smallest absolute Gasteiger partial charge is 0.211 e. The molecule has 1 aromatic carbocycles. The van der Waals surface area contributed by atoms with Crippen molar-refractivity contribution >= 4 is 22.7 Å². The number of benzene rings is 1. The zero-order chi connectivity index (χ0) is 16.9. The summed E-state index contributed by atoms with van der Waals surface area (Å²) in [4.78, 5) is 5.50. The van der Waals surface area contributed by atoms with Crippen molar-refractivity contribution in [3.05, 3.63) is 52.8 Å². The second-order valence-electron chi connectivity index (χ2n) is 5.19. The van der Waals surface area contributed by atoms with Crippen LogP contribution < -0.4 is 9.54 Å². The highest BCUT2D eigenvalue weighted by Crippen LogP contribution is 2.22. The lowest BCUT2D eigenvalue weighted by atomic mass is 10.3. The number of nitrogens with zero attached hydrogens (tertiary/aromatic N) is 3. The number of furan rings is 1. The summed E-state index contributed by atoms with van der Waals surface area (Å²) >= 11 is 1.53. The molecule has 0 saturated carbocycles. The van der Waals surface area contributed by atoms with Gasteiger partial charge in [-0.15, -0.1) is 11.3 Å². The van der Waals surface area contributed by atoms with Gasteiger partial charge in [-0.25, -0.2) is 9.67 Å². The minimum absolute atomic E-state index is 0.773. The summed E-state index contributed by atoms with van der Waals surface area (Å²) in [6.07, 6.45) is 2.54. The van der Waals surface area contributed by atoms with Crippen LogP contribution in [-0.4, -0.2) is 17.5 Å².